The molecule has 11 heteroatoms. The van der Waals surface area contributed by atoms with Crippen LogP contribution in [0, 0.1) is 0 Å². The van der Waals surface area contributed by atoms with Crippen molar-refractivity contribution in [3.8, 4) is 23.0 Å². The average molecular weight is 496 g/mol. The van der Waals surface area contributed by atoms with E-state index in [0.717, 1.165) is 10.6 Å². The third-order valence-corrected chi connectivity index (χ3v) is 6.54. The van der Waals surface area contributed by atoms with Crippen LogP contribution in [0.5, 0.6) is 11.6 Å². The number of fused-ring (bicyclic) bond motifs is 2. The molecule has 0 fully saturated rings. The van der Waals surface area contributed by atoms with Crippen molar-refractivity contribution >= 4 is 48.5 Å². The summed E-state index contributed by atoms with van der Waals surface area (Å²) in [6, 6.07) is 4.93. The molecule has 0 unspecified atom stereocenters. The molecule has 0 saturated carbocycles. The minimum Gasteiger partial charge on any atom is -0.484 e. The number of hydrogen-bond donors (Lipinski definition) is 1. The number of nitrogens with zero attached hydrogens (tertiary/aromatic N) is 2. The molecule has 0 aliphatic carbocycles. The molecule has 2 aromatic heterocycles. The van der Waals surface area contributed by atoms with Crippen LogP contribution in [0.15, 0.2) is 33.3 Å². The van der Waals surface area contributed by atoms with Crippen LogP contribution in [0.3, 0.4) is 0 Å². The maximum absolute atomic E-state index is 12.7. The van der Waals surface area contributed by atoms with Crippen LogP contribution in [0.25, 0.3) is 22.3 Å². The van der Waals surface area contributed by atoms with Gasteiger partial charge in [0.1, 0.15) is 24.6 Å². The minimum absolute atomic E-state index is 0.292. The number of aromatic nitrogens is 1. The normalized spacial score (nSPS) is 13.3. The molecule has 0 atom stereocenters. The number of amides is 1. The Labute approximate surface area is 181 Å². The van der Waals surface area contributed by atoms with Crippen molar-refractivity contribution in [1.29, 1.82) is 0 Å². The van der Waals surface area contributed by atoms with Gasteiger partial charge in [0.05, 0.1) is 17.5 Å². The summed E-state index contributed by atoms with van der Waals surface area (Å²) in [6.45, 7) is 0.812. The Morgan fingerprint density at radius 1 is 1.23 bits per heavy atom. The third-order valence-electron chi connectivity index (χ3n) is 4.71. The van der Waals surface area contributed by atoms with Gasteiger partial charge >= 0.3 is 0 Å². The van der Waals surface area contributed by atoms with E-state index in [4.69, 9.17) is 13.9 Å². The first-order valence-corrected chi connectivity index (χ1v) is 11.5. The van der Waals surface area contributed by atoms with Gasteiger partial charge in [0.2, 0.25) is 10.0 Å². The molecule has 158 valence electrons. The Hall–Kier alpha value is -2.79. The van der Waals surface area contributed by atoms with Crippen molar-refractivity contribution in [2.24, 2.45) is 0 Å². The molecule has 0 radical (unpaired) electrons. The highest BCUT2D eigenvalue weighted by Crippen LogP contribution is 2.41. The number of hydrogen-bond acceptors (Lipinski definition) is 7. The number of rotatable bonds is 4. The molecule has 3 aromatic rings. The number of pyridine rings is 1. The number of sulfonamides is 1. The summed E-state index contributed by atoms with van der Waals surface area (Å²) in [4.78, 5) is 16.9. The number of carbonyl (C=O) groups excluding carboxylic acids is 1. The van der Waals surface area contributed by atoms with Gasteiger partial charge in [-0.05, 0) is 28.1 Å². The smallest absolute Gasteiger partial charge is 0.257 e. The lowest BCUT2D eigenvalue weighted by Gasteiger charge is -2.18. The second-order valence-corrected chi connectivity index (χ2v) is 9.51. The monoisotopic (exact) mass is 495 g/mol. The fourth-order valence-electron chi connectivity index (χ4n) is 3.14. The van der Waals surface area contributed by atoms with E-state index in [1.807, 2.05) is 0 Å². The van der Waals surface area contributed by atoms with Gasteiger partial charge in [0.15, 0.2) is 5.75 Å². The van der Waals surface area contributed by atoms with Crippen molar-refractivity contribution in [1.82, 2.24) is 10.3 Å². The van der Waals surface area contributed by atoms with E-state index in [1.165, 1.54) is 20.3 Å². The molecular formula is C19H18BrN3O6S. The average Bonchev–Trinajstić information content (AvgIpc) is 3.09. The molecule has 30 heavy (non-hydrogen) atoms. The second-order valence-electron chi connectivity index (χ2n) is 6.64. The summed E-state index contributed by atoms with van der Waals surface area (Å²) in [5, 5.41) is 3.14. The van der Waals surface area contributed by atoms with E-state index in [2.05, 4.69) is 26.2 Å². The van der Waals surface area contributed by atoms with E-state index in [-0.39, 0.29) is 5.91 Å². The quantitative estimate of drug-likeness (QED) is 0.592. The summed E-state index contributed by atoms with van der Waals surface area (Å²) in [5.74, 6) is 0.776. The summed E-state index contributed by atoms with van der Waals surface area (Å²) in [6.07, 6.45) is 2.64. The first-order valence-electron chi connectivity index (χ1n) is 8.88. The van der Waals surface area contributed by atoms with E-state index in [9.17, 15) is 13.2 Å². The van der Waals surface area contributed by atoms with Crippen LogP contribution in [-0.2, 0) is 10.0 Å². The fourth-order valence-corrected chi connectivity index (χ4v) is 4.37. The predicted molar refractivity (Wildman–Crippen MR) is 115 cm³/mol. The topological polar surface area (TPSA) is 111 Å². The maximum atomic E-state index is 12.7. The summed E-state index contributed by atoms with van der Waals surface area (Å²) in [5.41, 5.74) is 1.57. The highest BCUT2D eigenvalue weighted by atomic mass is 79.9. The van der Waals surface area contributed by atoms with Crippen molar-refractivity contribution in [2.45, 2.75) is 0 Å². The zero-order valence-corrected chi connectivity index (χ0v) is 18.8. The van der Waals surface area contributed by atoms with Gasteiger partial charge in [0.25, 0.3) is 11.8 Å². The molecule has 1 aliphatic heterocycles. The molecule has 1 amide bonds. The van der Waals surface area contributed by atoms with Gasteiger partial charge < -0.3 is 19.2 Å². The lowest BCUT2D eigenvalue weighted by atomic mass is 10.1. The lowest BCUT2D eigenvalue weighted by molar-refractivity contribution is 0.0964. The standard InChI is InChI=1S/C19H18BrN3O6S/c1-21-18(24)16-11-7-12(20)13(23(2)30(3,25)26)8-14(11)29-17(16)10-6-15-19(22-9-10)28-5-4-27-15/h6-9H,4-5H2,1-3H3,(H,21,24). The van der Waals surface area contributed by atoms with E-state index >= 15 is 0 Å². The van der Waals surface area contributed by atoms with Crippen molar-refractivity contribution < 1.29 is 27.1 Å². The number of anilines is 1. The maximum Gasteiger partial charge on any atom is 0.257 e. The van der Waals surface area contributed by atoms with Gasteiger partial charge in [-0.25, -0.2) is 13.4 Å². The van der Waals surface area contributed by atoms with E-state index < -0.39 is 10.0 Å². The highest BCUT2D eigenvalue weighted by Gasteiger charge is 2.26. The van der Waals surface area contributed by atoms with E-state index in [1.54, 1.807) is 18.2 Å². The Morgan fingerprint density at radius 3 is 2.67 bits per heavy atom. The Kier molecular flexibility index (Phi) is 5.10. The van der Waals surface area contributed by atoms with Crippen LogP contribution in [0.4, 0.5) is 5.69 Å². The number of halogens is 1. The summed E-state index contributed by atoms with van der Waals surface area (Å²) < 4.78 is 42.6. The van der Waals surface area contributed by atoms with Crippen LogP contribution >= 0.6 is 15.9 Å². The molecule has 0 spiro atoms. The molecule has 4 rings (SSSR count). The Balaban J connectivity index is 1.94. The van der Waals surface area contributed by atoms with Gasteiger partial charge in [-0.15, -0.1) is 0 Å². The first kappa shape index (κ1) is 20.5. The van der Waals surface area contributed by atoms with E-state index in [0.29, 0.717) is 62.9 Å². The molecule has 9 nitrogen and oxygen atoms in total. The molecular weight excluding hydrogens is 478 g/mol. The Bertz CT molecular complexity index is 1270. The van der Waals surface area contributed by atoms with Crippen LogP contribution < -0.4 is 19.1 Å². The van der Waals surface area contributed by atoms with Crippen molar-refractivity contribution in [3.05, 3.63) is 34.4 Å². The molecule has 0 saturated heterocycles. The molecule has 1 N–H and O–H groups in total. The zero-order chi connectivity index (χ0) is 21.6. The van der Waals surface area contributed by atoms with Gasteiger partial charge in [-0.2, -0.15) is 0 Å². The number of ether oxygens (including phenoxy) is 2. The molecule has 0 bridgehead atoms. The van der Waals surface area contributed by atoms with Crippen molar-refractivity contribution in [3.63, 3.8) is 0 Å². The zero-order valence-electron chi connectivity index (χ0n) is 16.4. The SMILES string of the molecule is CNC(=O)c1c(-c2cnc3c(c2)OCCO3)oc2cc(N(C)S(C)(=O)=O)c(Br)cc12. The largest absolute Gasteiger partial charge is 0.484 e. The van der Waals surface area contributed by atoms with Crippen LogP contribution in [0.1, 0.15) is 10.4 Å². The fraction of sp³-hybridized carbons (Fsp3) is 0.263. The highest BCUT2D eigenvalue weighted by molar-refractivity contribution is 9.10. The third kappa shape index (κ3) is 3.47. The van der Waals surface area contributed by atoms with Gasteiger partial charge in [-0.3, -0.25) is 9.10 Å². The van der Waals surface area contributed by atoms with Crippen LogP contribution in [0.2, 0.25) is 0 Å². The minimum atomic E-state index is -3.49. The summed E-state index contributed by atoms with van der Waals surface area (Å²) >= 11 is 3.40. The Morgan fingerprint density at radius 2 is 1.97 bits per heavy atom. The van der Waals surface area contributed by atoms with Crippen molar-refractivity contribution in [2.75, 3.05) is 37.9 Å². The molecule has 3 heterocycles. The lowest BCUT2D eigenvalue weighted by Crippen LogP contribution is -2.25. The number of carbonyl (C=O) groups is 1. The molecule has 1 aromatic carbocycles. The first-order chi connectivity index (χ1) is 14.2. The number of nitrogens with one attached hydrogen (secondary N) is 1. The van der Waals surface area contributed by atoms with Gasteiger partial charge in [-0.1, -0.05) is 0 Å². The van der Waals surface area contributed by atoms with Gasteiger partial charge in [0, 0.05) is 41.8 Å². The number of benzene rings is 1. The number of furan rings is 1. The predicted octanol–water partition coefficient (Wildman–Crippen LogP) is 2.78. The van der Waals surface area contributed by atoms with Crippen LogP contribution in [-0.4, -0.2) is 52.9 Å². The second kappa shape index (κ2) is 7.47. The summed E-state index contributed by atoms with van der Waals surface area (Å²) in [7, 11) is -0.530. The molecule has 1 aliphatic rings.